The third-order valence-electron chi connectivity index (χ3n) is 2.66. The van der Waals surface area contributed by atoms with Crippen molar-refractivity contribution in [3.8, 4) is 0 Å². The van der Waals surface area contributed by atoms with Gasteiger partial charge in [0.15, 0.2) is 0 Å². The van der Waals surface area contributed by atoms with Gasteiger partial charge >= 0.3 is 0 Å². The highest BCUT2D eigenvalue weighted by Crippen LogP contribution is 2.12. The maximum Gasteiger partial charge on any atom is 0.269 e. The summed E-state index contributed by atoms with van der Waals surface area (Å²) in [6.07, 6.45) is 2.89. The van der Waals surface area contributed by atoms with E-state index in [4.69, 9.17) is 23.2 Å². The third kappa shape index (κ3) is 4.91. The normalized spacial score (nSPS) is 10.5. The van der Waals surface area contributed by atoms with Gasteiger partial charge in [-0.3, -0.25) is 20.4 Å². The molecule has 0 spiro atoms. The van der Waals surface area contributed by atoms with Crippen LogP contribution in [0.1, 0.15) is 15.9 Å². The van der Waals surface area contributed by atoms with Crippen LogP contribution in [0.25, 0.3) is 6.08 Å². The van der Waals surface area contributed by atoms with Crippen LogP contribution in [0.2, 0.25) is 10.0 Å². The summed E-state index contributed by atoms with van der Waals surface area (Å²) >= 11 is 11.6. The van der Waals surface area contributed by atoms with E-state index in [-0.39, 0.29) is 0 Å². The van der Waals surface area contributed by atoms with Gasteiger partial charge in [0.25, 0.3) is 11.8 Å². The van der Waals surface area contributed by atoms with Gasteiger partial charge in [0.05, 0.1) is 0 Å². The van der Waals surface area contributed by atoms with Gasteiger partial charge in [0.1, 0.15) is 0 Å². The molecular formula is C16H12Cl2N2O2. The lowest BCUT2D eigenvalue weighted by atomic mass is 10.2. The van der Waals surface area contributed by atoms with E-state index in [1.165, 1.54) is 12.1 Å². The van der Waals surface area contributed by atoms with Crippen LogP contribution >= 0.6 is 23.2 Å². The second-order valence-corrected chi connectivity index (χ2v) is 5.21. The van der Waals surface area contributed by atoms with E-state index in [2.05, 4.69) is 10.9 Å². The van der Waals surface area contributed by atoms with E-state index in [1.807, 2.05) is 0 Å². The van der Waals surface area contributed by atoms with Crippen molar-refractivity contribution in [2.75, 3.05) is 0 Å². The van der Waals surface area contributed by atoms with Gasteiger partial charge < -0.3 is 0 Å². The fraction of sp³-hybridized carbons (Fsp3) is 0. The Morgan fingerprint density at radius 2 is 1.59 bits per heavy atom. The van der Waals surface area contributed by atoms with Crippen LogP contribution in [0.3, 0.4) is 0 Å². The van der Waals surface area contributed by atoms with Gasteiger partial charge in [-0.05, 0) is 42.0 Å². The Balaban J connectivity index is 1.89. The standard InChI is InChI=1S/C16H12Cl2N2O2/c17-13-5-1-3-11(9-13)7-8-15(21)19-20-16(22)12-4-2-6-14(18)10-12/h1-10H,(H,19,21)(H,20,22)/b8-7+. The number of rotatable bonds is 3. The molecule has 0 radical (unpaired) electrons. The van der Waals surface area contributed by atoms with Crippen LogP contribution in [0.4, 0.5) is 0 Å². The maximum absolute atomic E-state index is 11.8. The molecule has 0 aromatic heterocycles. The predicted molar refractivity (Wildman–Crippen MR) is 87.5 cm³/mol. The Hall–Kier alpha value is -2.30. The largest absolute Gasteiger partial charge is 0.269 e. The lowest BCUT2D eigenvalue weighted by molar-refractivity contribution is -0.117. The van der Waals surface area contributed by atoms with Crippen LogP contribution in [-0.4, -0.2) is 11.8 Å². The van der Waals surface area contributed by atoms with E-state index < -0.39 is 11.8 Å². The van der Waals surface area contributed by atoms with Gasteiger partial charge in [-0.25, -0.2) is 0 Å². The molecule has 2 N–H and O–H groups in total. The number of benzene rings is 2. The first-order valence-corrected chi connectivity index (χ1v) is 7.10. The highest BCUT2D eigenvalue weighted by Gasteiger charge is 2.06. The zero-order valence-electron chi connectivity index (χ0n) is 11.3. The fourth-order valence-electron chi connectivity index (χ4n) is 1.64. The second-order valence-electron chi connectivity index (χ2n) is 4.34. The molecule has 22 heavy (non-hydrogen) atoms. The summed E-state index contributed by atoms with van der Waals surface area (Å²) in [5.41, 5.74) is 5.72. The molecule has 0 atom stereocenters. The lowest BCUT2D eigenvalue weighted by Crippen LogP contribution is -2.40. The Morgan fingerprint density at radius 1 is 0.909 bits per heavy atom. The second kappa shape index (κ2) is 7.64. The van der Waals surface area contributed by atoms with Crippen LogP contribution < -0.4 is 10.9 Å². The summed E-state index contributed by atoms with van der Waals surface area (Å²) in [4.78, 5) is 23.4. The lowest BCUT2D eigenvalue weighted by Gasteiger charge is -2.05. The molecule has 0 aliphatic carbocycles. The van der Waals surface area contributed by atoms with Crippen molar-refractivity contribution in [3.63, 3.8) is 0 Å². The summed E-state index contributed by atoms with van der Waals surface area (Å²) in [6, 6.07) is 13.4. The van der Waals surface area contributed by atoms with Crippen LogP contribution in [0.15, 0.2) is 54.6 Å². The zero-order chi connectivity index (χ0) is 15.9. The van der Waals surface area contributed by atoms with E-state index in [0.717, 1.165) is 5.56 Å². The minimum atomic E-state index is -0.463. The van der Waals surface area contributed by atoms with E-state index in [1.54, 1.807) is 48.5 Å². The number of carbonyl (C=O) groups is 2. The topological polar surface area (TPSA) is 58.2 Å². The SMILES string of the molecule is O=C(/C=C/c1cccc(Cl)c1)NNC(=O)c1cccc(Cl)c1. The molecule has 112 valence electrons. The Labute approximate surface area is 137 Å². The first-order chi connectivity index (χ1) is 10.5. The van der Waals surface area contributed by atoms with Crippen LogP contribution in [0.5, 0.6) is 0 Å². The van der Waals surface area contributed by atoms with Gasteiger partial charge in [0, 0.05) is 21.7 Å². The number of hydrazine groups is 1. The quantitative estimate of drug-likeness (QED) is 0.667. The molecule has 6 heteroatoms. The highest BCUT2D eigenvalue weighted by molar-refractivity contribution is 6.31. The molecule has 4 nitrogen and oxygen atoms in total. The number of amides is 2. The summed E-state index contributed by atoms with van der Waals surface area (Å²) in [7, 11) is 0. The molecule has 0 fully saturated rings. The van der Waals surface area contributed by atoms with Gasteiger partial charge in [-0.1, -0.05) is 41.4 Å². The van der Waals surface area contributed by atoms with Gasteiger partial charge in [-0.15, -0.1) is 0 Å². The van der Waals surface area contributed by atoms with Crippen molar-refractivity contribution < 1.29 is 9.59 Å². The average Bonchev–Trinajstić information content (AvgIpc) is 2.50. The molecule has 2 aromatic carbocycles. The van der Waals surface area contributed by atoms with Crippen molar-refractivity contribution in [3.05, 3.63) is 75.8 Å². The summed E-state index contributed by atoms with van der Waals surface area (Å²) < 4.78 is 0. The molecule has 0 saturated heterocycles. The molecule has 0 unspecified atom stereocenters. The first kappa shape index (κ1) is 16.1. The number of hydrogen-bond acceptors (Lipinski definition) is 2. The summed E-state index contributed by atoms with van der Waals surface area (Å²) in [6.45, 7) is 0. The number of carbonyl (C=O) groups excluding carboxylic acids is 2. The molecule has 2 amide bonds. The molecule has 0 aliphatic heterocycles. The third-order valence-corrected chi connectivity index (χ3v) is 3.13. The molecule has 0 aliphatic rings. The van der Waals surface area contributed by atoms with Gasteiger partial charge in [0.2, 0.25) is 0 Å². The fourth-order valence-corrected chi connectivity index (χ4v) is 2.03. The summed E-state index contributed by atoms with van der Waals surface area (Å²) in [5.74, 6) is -0.914. The van der Waals surface area contributed by atoms with Crippen LogP contribution in [0, 0.1) is 0 Å². The smallest absolute Gasteiger partial charge is 0.268 e. The first-order valence-electron chi connectivity index (χ1n) is 6.34. The Kier molecular flexibility index (Phi) is 5.58. The average molecular weight is 335 g/mol. The van der Waals surface area contributed by atoms with E-state index >= 15 is 0 Å². The molecular weight excluding hydrogens is 323 g/mol. The minimum absolute atomic E-state index is 0.353. The van der Waals surface area contributed by atoms with E-state index in [9.17, 15) is 9.59 Å². The minimum Gasteiger partial charge on any atom is -0.268 e. The number of halogens is 2. The monoisotopic (exact) mass is 334 g/mol. The predicted octanol–water partition coefficient (Wildman–Crippen LogP) is 3.47. The molecule has 0 bridgehead atoms. The Bertz CT molecular complexity index is 730. The molecule has 0 heterocycles. The molecule has 2 aromatic rings. The van der Waals surface area contributed by atoms with Crippen molar-refractivity contribution in [1.82, 2.24) is 10.9 Å². The van der Waals surface area contributed by atoms with Crippen LogP contribution in [-0.2, 0) is 4.79 Å². The molecule has 0 saturated carbocycles. The van der Waals surface area contributed by atoms with Crippen molar-refractivity contribution in [2.45, 2.75) is 0 Å². The molecule has 2 rings (SSSR count). The van der Waals surface area contributed by atoms with Gasteiger partial charge in [-0.2, -0.15) is 0 Å². The van der Waals surface area contributed by atoms with Crippen molar-refractivity contribution in [1.29, 1.82) is 0 Å². The van der Waals surface area contributed by atoms with Crippen molar-refractivity contribution in [2.24, 2.45) is 0 Å². The number of hydrogen-bond donors (Lipinski definition) is 2. The maximum atomic E-state index is 11.8. The highest BCUT2D eigenvalue weighted by atomic mass is 35.5. The summed E-state index contributed by atoms with van der Waals surface area (Å²) in [5, 5.41) is 1.02. The van der Waals surface area contributed by atoms with E-state index in [0.29, 0.717) is 15.6 Å². The van der Waals surface area contributed by atoms with Crippen molar-refractivity contribution >= 4 is 41.1 Å². The number of nitrogens with one attached hydrogen (secondary N) is 2. The zero-order valence-corrected chi connectivity index (χ0v) is 12.9. The Morgan fingerprint density at radius 3 is 2.27 bits per heavy atom.